The summed E-state index contributed by atoms with van der Waals surface area (Å²) in [5.41, 5.74) is 1.04. The van der Waals surface area contributed by atoms with Crippen LogP contribution in [-0.2, 0) is 9.53 Å². The Morgan fingerprint density at radius 1 is 1.50 bits per heavy atom. The molecule has 0 atom stereocenters. The first-order chi connectivity index (χ1) is 8.58. The fourth-order valence-electron chi connectivity index (χ4n) is 1.90. The molecule has 0 N–H and O–H groups in total. The van der Waals surface area contributed by atoms with Gasteiger partial charge in [0, 0.05) is 11.7 Å². The van der Waals surface area contributed by atoms with Crippen LogP contribution in [0.3, 0.4) is 0 Å². The summed E-state index contributed by atoms with van der Waals surface area (Å²) >= 11 is 0. The van der Waals surface area contributed by atoms with Crippen LogP contribution in [0.2, 0.25) is 0 Å². The molecule has 0 heterocycles. The van der Waals surface area contributed by atoms with Gasteiger partial charge in [0.15, 0.2) is 0 Å². The fraction of sp³-hybridized carbons (Fsp3) is 0.385. The molecule has 0 unspecified atom stereocenters. The Morgan fingerprint density at radius 3 is 2.67 bits per heavy atom. The van der Waals surface area contributed by atoms with E-state index in [1.54, 1.807) is 11.8 Å². The summed E-state index contributed by atoms with van der Waals surface area (Å²) in [6, 6.07) is 2.79. The third kappa shape index (κ3) is 2.20. The normalized spacial score (nSPS) is 14.2. The highest BCUT2D eigenvalue weighted by atomic mass is 19.1. The average molecular weight is 251 g/mol. The van der Waals surface area contributed by atoms with Crippen molar-refractivity contribution in [3.05, 3.63) is 29.1 Å². The average Bonchev–Trinajstić information content (AvgIpc) is 3.16. The lowest BCUT2D eigenvalue weighted by Crippen LogP contribution is -2.25. The molecule has 1 saturated carbocycles. The molecule has 0 radical (unpaired) electrons. The van der Waals surface area contributed by atoms with Crippen LogP contribution in [-0.4, -0.2) is 25.5 Å². The zero-order valence-electron chi connectivity index (χ0n) is 10.3. The van der Waals surface area contributed by atoms with Gasteiger partial charge in [0.1, 0.15) is 5.82 Å². The van der Waals surface area contributed by atoms with Gasteiger partial charge in [-0.3, -0.25) is 4.79 Å². The van der Waals surface area contributed by atoms with Gasteiger partial charge in [0.25, 0.3) is 0 Å². The number of benzene rings is 1. The lowest BCUT2D eigenvalue weighted by Gasteiger charge is -2.20. The van der Waals surface area contributed by atoms with E-state index in [9.17, 15) is 14.0 Å². The number of nitrogens with zero attached hydrogens (tertiary/aromatic N) is 1. The zero-order chi connectivity index (χ0) is 13.3. The van der Waals surface area contributed by atoms with Crippen LogP contribution < -0.4 is 4.90 Å². The van der Waals surface area contributed by atoms with Crippen molar-refractivity contribution in [3.8, 4) is 0 Å². The second kappa shape index (κ2) is 4.76. The first kappa shape index (κ1) is 12.5. The molecular weight excluding hydrogens is 237 g/mol. The molecule has 1 aliphatic carbocycles. The number of ether oxygens (including phenoxy) is 1. The van der Waals surface area contributed by atoms with Crippen molar-refractivity contribution in [2.75, 3.05) is 12.0 Å². The quantitative estimate of drug-likeness (QED) is 0.607. The molecule has 0 aliphatic heterocycles. The van der Waals surface area contributed by atoms with Crippen LogP contribution in [0, 0.1) is 12.7 Å². The lowest BCUT2D eigenvalue weighted by atomic mass is 10.1. The Bertz CT molecular complexity index is 497. The zero-order valence-corrected chi connectivity index (χ0v) is 10.3. The Labute approximate surface area is 104 Å². The SMILES string of the molecule is COC(=O)c1cc(N(C=O)C2CC2)c(C)cc1F. The van der Waals surface area contributed by atoms with E-state index in [0.29, 0.717) is 11.3 Å². The van der Waals surface area contributed by atoms with Gasteiger partial charge in [-0.05, 0) is 37.5 Å². The number of halogens is 1. The molecule has 0 bridgehead atoms. The Hall–Kier alpha value is -1.91. The van der Waals surface area contributed by atoms with E-state index in [2.05, 4.69) is 4.74 Å². The highest BCUT2D eigenvalue weighted by Crippen LogP contribution is 2.33. The van der Waals surface area contributed by atoms with Crippen LogP contribution in [0.25, 0.3) is 0 Å². The van der Waals surface area contributed by atoms with Crippen molar-refractivity contribution in [1.82, 2.24) is 0 Å². The third-order valence-electron chi connectivity index (χ3n) is 3.02. The topological polar surface area (TPSA) is 46.6 Å². The van der Waals surface area contributed by atoms with E-state index in [1.165, 1.54) is 19.2 Å². The highest BCUT2D eigenvalue weighted by molar-refractivity contribution is 5.92. The smallest absolute Gasteiger partial charge is 0.340 e. The standard InChI is InChI=1S/C13H14FNO3/c1-8-5-11(14)10(13(17)18-2)6-12(8)15(7-16)9-3-4-9/h5-7,9H,3-4H2,1-2H3. The minimum Gasteiger partial charge on any atom is -0.465 e. The number of hydrogen-bond donors (Lipinski definition) is 0. The number of anilines is 1. The van der Waals surface area contributed by atoms with Gasteiger partial charge < -0.3 is 9.64 Å². The summed E-state index contributed by atoms with van der Waals surface area (Å²) in [5, 5.41) is 0. The molecule has 2 rings (SSSR count). The van der Waals surface area contributed by atoms with Crippen molar-refractivity contribution < 1.29 is 18.7 Å². The molecule has 0 aromatic heterocycles. The van der Waals surface area contributed by atoms with Crippen LogP contribution in [0.1, 0.15) is 28.8 Å². The first-order valence-electron chi connectivity index (χ1n) is 5.70. The second-order valence-electron chi connectivity index (χ2n) is 4.35. The summed E-state index contributed by atoms with van der Waals surface area (Å²) < 4.78 is 18.2. The van der Waals surface area contributed by atoms with E-state index < -0.39 is 11.8 Å². The van der Waals surface area contributed by atoms with Crippen LogP contribution in [0.4, 0.5) is 10.1 Å². The monoisotopic (exact) mass is 251 g/mol. The van der Waals surface area contributed by atoms with Gasteiger partial charge >= 0.3 is 5.97 Å². The molecule has 5 heteroatoms. The third-order valence-corrected chi connectivity index (χ3v) is 3.02. The molecule has 1 amide bonds. The van der Waals surface area contributed by atoms with Gasteiger partial charge in [-0.25, -0.2) is 9.18 Å². The molecule has 0 spiro atoms. The maximum atomic E-state index is 13.6. The maximum absolute atomic E-state index is 13.6. The molecule has 1 aliphatic rings. The van der Waals surface area contributed by atoms with E-state index in [-0.39, 0.29) is 11.6 Å². The van der Waals surface area contributed by atoms with Crippen molar-refractivity contribution in [2.45, 2.75) is 25.8 Å². The molecule has 18 heavy (non-hydrogen) atoms. The first-order valence-corrected chi connectivity index (χ1v) is 5.70. The minimum absolute atomic E-state index is 0.148. The van der Waals surface area contributed by atoms with Gasteiger partial charge in [-0.2, -0.15) is 0 Å². The molecule has 1 aromatic rings. The number of carbonyl (C=O) groups excluding carboxylic acids is 2. The lowest BCUT2D eigenvalue weighted by molar-refractivity contribution is -0.107. The van der Waals surface area contributed by atoms with Crippen molar-refractivity contribution in [1.29, 1.82) is 0 Å². The minimum atomic E-state index is -0.740. The predicted octanol–water partition coefficient (Wildman–Crippen LogP) is 2.05. The van der Waals surface area contributed by atoms with Gasteiger partial charge in [-0.1, -0.05) is 0 Å². The Balaban J connectivity index is 2.46. The molecule has 96 valence electrons. The maximum Gasteiger partial charge on any atom is 0.340 e. The number of esters is 1. The number of hydrogen-bond acceptors (Lipinski definition) is 3. The summed E-state index contributed by atoms with van der Waals surface area (Å²) in [6.45, 7) is 1.71. The van der Waals surface area contributed by atoms with Crippen molar-refractivity contribution in [2.24, 2.45) is 0 Å². The van der Waals surface area contributed by atoms with Gasteiger partial charge in [-0.15, -0.1) is 0 Å². The van der Waals surface area contributed by atoms with Crippen LogP contribution in [0.15, 0.2) is 12.1 Å². The fourth-order valence-corrected chi connectivity index (χ4v) is 1.90. The van der Waals surface area contributed by atoms with E-state index in [4.69, 9.17) is 0 Å². The number of rotatable bonds is 4. The largest absolute Gasteiger partial charge is 0.465 e. The molecule has 1 fully saturated rings. The second-order valence-corrected chi connectivity index (χ2v) is 4.35. The Kier molecular flexibility index (Phi) is 3.32. The summed E-state index contributed by atoms with van der Waals surface area (Å²) in [4.78, 5) is 24.1. The summed E-state index contributed by atoms with van der Waals surface area (Å²) in [7, 11) is 1.19. The van der Waals surface area contributed by atoms with Crippen molar-refractivity contribution >= 4 is 18.1 Å². The van der Waals surface area contributed by atoms with E-state index in [1.807, 2.05) is 0 Å². The van der Waals surface area contributed by atoms with E-state index >= 15 is 0 Å². The molecule has 1 aromatic carbocycles. The van der Waals surface area contributed by atoms with Gasteiger partial charge in [0.2, 0.25) is 6.41 Å². The Morgan fingerprint density at radius 2 is 2.17 bits per heavy atom. The molecule has 4 nitrogen and oxygen atoms in total. The number of methoxy groups -OCH3 is 1. The number of carbonyl (C=O) groups is 2. The molecular formula is C13H14FNO3. The predicted molar refractivity (Wildman–Crippen MR) is 64.0 cm³/mol. The van der Waals surface area contributed by atoms with Crippen LogP contribution >= 0.6 is 0 Å². The van der Waals surface area contributed by atoms with E-state index in [0.717, 1.165) is 19.3 Å². The summed E-state index contributed by atoms with van der Waals surface area (Å²) in [5.74, 6) is -1.37. The van der Waals surface area contributed by atoms with Crippen LogP contribution in [0.5, 0.6) is 0 Å². The van der Waals surface area contributed by atoms with Crippen molar-refractivity contribution in [3.63, 3.8) is 0 Å². The highest BCUT2D eigenvalue weighted by Gasteiger charge is 2.30. The summed E-state index contributed by atoms with van der Waals surface area (Å²) in [6.07, 6.45) is 2.59. The van der Waals surface area contributed by atoms with Gasteiger partial charge in [0.05, 0.1) is 12.7 Å². The number of aryl methyl sites for hydroxylation is 1. The number of amides is 1. The molecule has 0 saturated heterocycles.